The van der Waals surface area contributed by atoms with Crippen molar-refractivity contribution in [2.24, 2.45) is 0 Å². The van der Waals surface area contributed by atoms with Crippen LogP contribution in [0.25, 0.3) is 0 Å². The molecule has 0 unspecified atom stereocenters. The van der Waals surface area contributed by atoms with E-state index in [1.807, 2.05) is 20.8 Å². The molecule has 6 heteroatoms. The van der Waals surface area contributed by atoms with E-state index in [1.54, 1.807) is 0 Å². The van der Waals surface area contributed by atoms with E-state index in [2.05, 4.69) is 0 Å². The number of hydrogen-bond donors (Lipinski definition) is 0. The summed E-state index contributed by atoms with van der Waals surface area (Å²) >= 11 is 0. The van der Waals surface area contributed by atoms with Gasteiger partial charge < -0.3 is 13.3 Å². The van der Waals surface area contributed by atoms with E-state index in [-0.39, 0.29) is 6.04 Å². The predicted octanol–water partition coefficient (Wildman–Crippen LogP) is 0.844. The summed E-state index contributed by atoms with van der Waals surface area (Å²) in [5.41, 5.74) is 6.92. The molecule has 83 valence electrons. The molecule has 0 aliphatic carbocycles. The first-order valence-electron chi connectivity index (χ1n) is 4.76. The summed E-state index contributed by atoms with van der Waals surface area (Å²) in [5, 5.41) is 0. The maximum absolute atomic E-state index is 10.7. The minimum atomic E-state index is -2.90. The highest BCUT2D eigenvalue weighted by atomic mass is 28.4. The number of rotatable bonds is 8. The van der Waals surface area contributed by atoms with Gasteiger partial charge in [0.15, 0.2) is 0 Å². The molecule has 0 heterocycles. The summed E-state index contributed by atoms with van der Waals surface area (Å²) < 4.78 is 16.1. The molecule has 14 heavy (non-hydrogen) atoms. The lowest BCUT2D eigenvalue weighted by Gasteiger charge is -2.26. The standard InChI is InChI=1S/C8H18NO4Si/c1-4-11-14(12-5-2,13-6-3)7-8(9)10/h9H,4-7H2,1-3H3. The van der Waals surface area contributed by atoms with Crippen LogP contribution in [0.4, 0.5) is 0 Å². The van der Waals surface area contributed by atoms with Crippen LogP contribution in [0.3, 0.4) is 0 Å². The second-order valence-electron chi connectivity index (χ2n) is 2.58. The topological polar surface area (TPSA) is 68.6 Å². The summed E-state index contributed by atoms with van der Waals surface area (Å²) in [4.78, 5) is 10.7. The third kappa shape index (κ3) is 4.71. The van der Waals surface area contributed by atoms with E-state index in [0.717, 1.165) is 0 Å². The molecule has 0 fully saturated rings. The van der Waals surface area contributed by atoms with Crippen molar-refractivity contribution in [1.82, 2.24) is 5.73 Å². The van der Waals surface area contributed by atoms with E-state index in [4.69, 9.17) is 19.0 Å². The largest absolute Gasteiger partial charge is 0.510 e. The van der Waals surface area contributed by atoms with E-state index in [1.165, 1.54) is 0 Å². The molecular formula is C8H18NO4Si. The van der Waals surface area contributed by atoms with Crippen LogP contribution in [0.5, 0.6) is 0 Å². The molecule has 0 aromatic heterocycles. The minimum absolute atomic E-state index is 0.0669. The van der Waals surface area contributed by atoms with E-state index < -0.39 is 14.7 Å². The van der Waals surface area contributed by atoms with Crippen molar-refractivity contribution in [2.75, 3.05) is 19.8 Å². The number of amides is 1. The second kappa shape index (κ2) is 6.94. The zero-order valence-corrected chi connectivity index (χ0v) is 9.96. The maximum Gasteiger partial charge on any atom is 0.510 e. The van der Waals surface area contributed by atoms with Crippen molar-refractivity contribution >= 4 is 14.7 Å². The van der Waals surface area contributed by atoms with Crippen LogP contribution < -0.4 is 5.73 Å². The van der Waals surface area contributed by atoms with Gasteiger partial charge in [0, 0.05) is 19.8 Å². The van der Waals surface area contributed by atoms with Gasteiger partial charge in [0.05, 0.1) is 6.04 Å². The molecule has 1 radical (unpaired) electrons. The number of carbonyl (C=O) groups is 1. The van der Waals surface area contributed by atoms with Gasteiger partial charge >= 0.3 is 8.80 Å². The first-order chi connectivity index (χ1) is 6.60. The zero-order chi connectivity index (χ0) is 11.0. The second-order valence-corrected chi connectivity index (χ2v) is 5.17. The summed E-state index contributed by atoms with van der Waals surface area (Å²) in [7, 11) is -2.90. The third-order valence-corrected chi connectivity index (χ3v) is 4.41. The lowest BCUT2D eigenvalue weighted by atomic mass is 10.8. The Morgan fingerprint density at radius 3 is 1.64 bits per heavy atom. The molecule has 0 aromatic carbocycles. The summed E-state index contributed by atoms with van der Waals surface area (Å²) in [5.74, 6) is -0.702. The van der Waals surface area contributed by atoms with Crippen LogP contribution in [-0.4, -0.2) is 34.5 Å². The van der Waals surface area contributed by atoms with Gasteiger partial charge in [-0.3, -0.25) is 10.5 Å². The van der Waals surface area contributed by atoms with Gasteiger partial charge in [0.2, 0.25) is 5.91 Å². The van der Waals surface area contributed by atoms with Crippen LogP contribution in [0, 0.1) is 0 Å². The van der Waals surface area contributed by atoms with Gasteiger partial charge in [0.1, 0.15) is 0 Å². The lowest BCUT2D eigenvalue weighted by Crippen LogP contribution is -2.47. The smallest absolute Gasteiger partial charge is 0.373 e. The molecular weight excluding hydrogens is 202 g/mol. The lowest BCUT2D eigenvalue weighted by molar-refractivity contribution is -0.117. The number of nitrogens with one attached hydrogen (secondary N) is 1. The van der Waals surface area contributed by atoms with Gasteiger partial charge in [-0.05, 0) is 20.8 Å². The molecule has 0 aliphatic heterocycles. The molecule has 0 saturated heterocycles. The van der Waals surface area contributed by atoms with E-state index in [9.17, 15) is 4.79 Å². The SMILES string of the molecule is CCO[Si](CC([NH])=O)(OCC)OCC. The first kappa shape index (κ1) is 13.6. The maximum atomic E-state index is 10.7. The Labute approximate surface area is 85.9 Å². The molecule has 0 atom stereocenters. The van der Waals surface area contributed by atoms with Crippen molar-refractivity contribution in [1.29, 1.82) is 0 Å². The molecule has 5 nitrogen and oxygen atoms in total. The van der Waals surface area contributed by atoms with Gasteiger partial charge in [-0.1, -0.05) is 0 Å². The van der Waals surface area contributed by atoms with Crippen LogP contribution in [0.2, 0.25) is 6.04 Å². The summed E-state index contributed by atoms with van der Waals surface area (Å²) in [6.45, 7) is 6.73. The Kier molecular flexibility index (Phi) is 6.72. The van der Waals surface area contributed by atoms with Gasteiger partial charge in [0.25, 0.3) is 0 Å². The minimum Gasteiger partial charge on any atom is -0.373 e. The van der Waals surface area contributed by atoms with Crippen LogP contribution in [0.1, 0.15) is 20.8 Å². The molecule has 0 aromatic rings. The Morgan fingerprint density at radius 2 is 1.43 bits per heavy atom. The first-order valence-corrected chi connectivity index (χ1v) is 6.69. The fourth-order valence-corrected chi connectivity index (χ4v) is 3.40. The summed E-state index contributed by atoms with van der Waals surface area (Å²) in [6.07, 6.45) is 0. The average molecular weight is 220 g/mol. The molecule has 0 bridgehead atoms. The number of hydrogen-bond acceptors (Lipinski definition) is 4. The fraction of sp³-hybridized carbons (Fsp3) is 0.875. The fourth-order valence-electron chi connectivity index (χ4n) is 1.13. The quantitative estimate of drug-likeness (QED) is 0.568. The zero-order valence-electron chi connectivity index (χ0n) is 8.96. The van der Waals surface area contributed by atoms with Crippen LogP contribution >= 0.6 is 0 Å². The third-order valence-electron chi connectivity index (χ3n) is 1.47. The van der Waals surface area contributed by atoms with Crippen molar-refractivity contribution in [2.45, 2.75) is 26.8 Å². The molecule has 0 rings (SSSR count). The Hall–Kier alpha value is -0.433. The van der Waals surface area contributed by atoms with Crippen molar-refractivity contribution in [3.8, 4) is 0 Å². The highest BCUT2D eigenvalue weighted by Crippen LogP contribution is 2.15. The van der Waals surface area contributed by atoms with Crippen molar-refractivity contribution in [3.05, 3.63) is 0 Å². The Morgan fingerprint density at radius 1 is 1.07 bits per heavy atom. The monoisotopic (exact) mass is 220 g/mol. The molecule has 1 N–H and O–H groups in total. The molecule has 0 spiro atoms. The van der Waals surface area contributed by atoms with Gasteiger partial charge in [-0.2, -0.15) is 0 Å². The van der Waals surface area contributed by atoms with E-state index in [0.29, 0.717) is 19.8 Å². The van der Waals surface area contributed by atoms with E-state index >= 15 is 0 Å². The highest BCUT2D eigenvalue weighted by Gasteiger charge is 2.42. The van der Waals surface area contributed by atoms with Gasteiger partial charge in [-0.15, -0.1) is 0 Å². The molecule has 0 aliphatic rings. The van der Waals surface area contributed by atoms with Crippen molar-refractivity contribution in [3.63, 3.8) is 0 Å². The summed E-state index contributed by atoms with van der Waals surface area (Å²) in [6, 6.07) is -0.0669. The molecule has 1 amide bonds. The highest BCUT2D eigenvalue weighted by molar-refractivity contribution is 6.64. The van der Waals surface area contributed by atoms with Crippen LogP contribution in [-0.2, 0) is 18.1 Å². The Bertz CT molecular complexity index is 160. The number of carbonyl (C=O) groups excluding carboxylic acids is 1. The van der Waals surface area contributed by atoms with Gasteiger partial charge in [-0.25, -0.2) is 0 Å². The average Bonchev–Trinajstić information content (AvgIpc) is 2.03. The van der Waals surface area contributed by atoms with Crippen molar-refractivity contribution < 1.29 is 18.1 Å². The predicted molar refractivity (Wildman–Crippen MR) is 53.5 cm³/mol. The molecule has 0 saturated carbocycles. The van der Waals surface area contributed by atoms with Crippen LogP contribution in [0.15, 0.2) is 0 Å². The Balaban J connectivity index is 4.45. The normalized spacial score (nSPS) is 11.6.